The number of thiazole rings is 1. The number of fused-ring (bicyclic) bond motifs is 1. The minimum atomic E-state index is -0.618. The molecule has 1 spiro atoms. The number of aryl methyl sites for hydroxylation is 1. The average molecular weight is 404 g/mol. The van der Waals surface area contributed by atoms with Gasteiger partial charge in [0.2, 0.25) is 11.8 Å². The van der Waals surface area contributed by atoms with Crippen LogP contribution in [0.1, 0.15) is 37.4 Å². The summed E-state index contributed by atoms with van der Waals surface area (Å²) < 4.78 is 6.24. The summed E-state index contributed by atoms with van der Waals surface area (Å²) in [7, 11) is 1.79. The molecule has 28 heavy (non-hydrogen) atoms. The second-order valence-corrected chi connectivity index (χ2v) is 9.32. The number of hydrogen-bond acceptors (Lipinski definition) is 5. The van der Waals surface area contributed by atoms with Crippen LogP contribution in [0.15, 0.2) is 17.5 Å². The van der Waals surface area contributed by atoms with Crippen molar-refractivity contribution in [3.05, 3.63) is 28.2 Å². The molecular weight excluding hydrogens is 374 g/mol. The van der Waals surface area contributed by atoms with E-state index in [4.69, 9.17) is 4.74 Å². The number of carbonyl (C=O) groups is 2. The zero-order valence-corrected chi connectivity index (χ0v) is 17.9. The normalized spacial score (nSPS) is 30.5. The monoisotopic (exact) mass is 403 g/mol. The van der Waals surface area contributed by atoms with Gasteiger partial charge in [0.05, 0.1) is 31.0 Å². The summed E-state index contributed by atoms with van der Waals surface area (Å²) >= 11 is 1.56. The van der Waals surface area contributed by atoms with E-state index in [2.05, 4.69) is 18.8 Å². The van der Waals surface area contributed by atoms with Crippen LogP contribution in [-0.2, 0) is 20.9 Å². The summed E-state index contributed by atoms with van der Waals surface area (Å²) in [6, 6.07) is 0. The van der Waals surface area contributed by atoms with Crippen molar-refractivity contribution in [2.24, 2.45) is 17.8 Å². The molecule has 2 saturated heterocycles. The molecule has 2 unspecified atom stereocenters. The highest BCUT2D eigenvalue weighted by Crippen LogP contribution is 2.52. The van der Waals surface area contributed by atoms with Gasteiger partial charge in [-0.2, -0.15) is 0 Å². The fraction of sp³-hybridized carbons (Fsp3) is 0.667. The lowest BCUT2D eigenvalue weighted by Gasteiger charge is -2.27. The third-order valence-corrected chi connectivity index (χ3v) is 7.46. The summed E-state index contributed by atoms with van der Waals surface area (Å²) in [6.07, 6.45) is 5.82. The van der Waals surface area contributed by atoms with E-state index in [-0.39, 0.29) is 17.9 Å². The van der Waals surface area contributed by atoms with Gasteiger partial charge in [-0.1, -0.05) is 38.8 Å². The van der Waals surface area contributed by atoms with E-state index in [9.17, 15) is 9.59 Å². The number of likely N-dealkylation sites (tertiary alicyclic amines) is 1. The van der Waals surface area contributed by atoms with E-state index in [0.29, 0.717) is 19.0 Å². The summed E-state index contributed by atoms with van der Waals surface area (Å²) in [5.74, 6) is -0.284. The largest absolute Gasteiger partial charge is 0.360 e. The van der Waals surface area contributed by atoms with Crippen LogP contribution >= 0.6 is 11.3 Å². The SMILES string of the molecule is CCC(CC)CN1C[C@@]23C=C[C@@H](O2)C(C(=O)N(C)Cc2nc(C)cs2)C3C1=O. The van der Waals surface area contributed by atoms with E-state index in [1.54, 1.807) is 23.3 Å². The molecule has 3 aliphatic rings. The van der Waals surface area contributed by atoms with Gasteiger partial charge in [0.15, 0.2) is 0 Å². The average Bonchev–Trinajstić information content (AvgIpc) is 3.41. The topological polar surface area (TPSA) is 62.7 Å². The van der Waals surface area contributed by atoms with Crippen LogP contribution in [0.4, 0.5) is 0 Å². The first kappa shape index (κ1) is 19.6. The van der Waals surface area contributed by atoms with Gasteiger partial charge >= 0.3 is 0 Å². The maximum absolute atomic E-state index is 13.3. The smallest absolute Gasteiger partial charge is 0.230 e. The Balaban J connectivity index is 1.52. The van der Waals surface area contributed by atoms with Crippen LogP contribution < -0.4 is 0 Å². The molecule has 0 N–H and O–H groups in total. The Hall–Kier alpha value is -1.73. The van der Waals surface area contributed by atoms with Crippen molar-refractivity contribution >= 4 is 23.2 Å². The number of hydrogen-bond donors (Lipinski definition) is 0. The Kier molecular flexibility index (Phi) is 5.08. The van der Waals surface area contributed by atoms with Crippen LogP contribution in [0.25, 0.3) is 0 Å². The molecule has 7 heteroatoms. The van der Waals surface area contributed by atoms with E-state index in [1.807, 2.05) is 29.4 Å². The number of aromatic nitrogens is 1. The van der Waals surface area contributed by atoms with Crippen molar-refractivity contribution < 1.29 is 14.3 Å². The van der Waals surface area contributed by atoms with E-state index in [1.165, 1.54) is 0 Å². The highest BCUT2D eigenvalue weighted by Gasteiger charge is 2.67. The highest BCUT2D eigenvalue weighted by molar-refractivity contribution is 7.09. The van der Waals surface area contributed by atoms with Crippen LogP contribution in [0, 0.1) is 24.7 Å². The van der Waals surface area contributed by atoms with Crippen molar-refractivity contribution in [2.45, 2.75) is 51.9 Å². The van der Waals surface area contributed by atoms with Crippen molar-refractivity contribution in [3.63, 3.8) is 0 Å². The van der Waals surface area contributed by atoms with Gasteiger partial charge in [0.25, 0.3) is 0 Å². The van der Waals surface area contributed by atoms with E-state index in [0.717, 1.165) is 30.1 Å². The molecule has 4 atom stereocenters. The van der Waals surface area contributed by atoms with Crippen LogP contribution in [0.5, 0.6) is 0 Å². The second-order valence-electron chi connectivity index (χ2n) is 8.38. The van der Waals surface area contributed by atoms with Gasteiger partial charge in [-0.3, -0.25) is 9.59 Å². The fourth-order valence-electron chi connectivity index (χ4n) is 4.88. The first-order chi connectivity index (χ1) is 13.4. The Labute approximate surface area is 170 Å². The molecule has 6 nitrogen and oxygen atoms in total. The number of ether oxygens (including phenoxy) is 1. The minimum Gasteiger partial charge on any atom is -0.360 e. The molecule has 3 aliphatic heterocycles. The number of carbonyl (C=O) groups excluding carboxylic acids is 2. The van der Waals surface area contributed by atoms with Crippen molar-refractivity contribution in [1.29, 1.82) is 0 Å². The molecule has 2 bridgehead atoms. The molecule has 2 amide bonds. The lowest BCUT2D eigenvalue weighted by Crippen LogP contribution is -2.44. The van der Waals surface area contributed by atoms with E-state index >= 15 is 0 Å². The van der Waals surface area contributed by atoms with Crippen LogP contribution in [0.2, 0.25) is 0 Å². The van der Waals surface area contributed by atoms with Crippen LogP contribution in [0.3, 0.4) is 0 Å². The third-order valence-electron chi connectivity index (χ3n) is 6.51. The molecule has 1 aromatic rings. The zero-order valence-electron chi connectivity index (χ0n) is 17.1. The molecule has 4 rings (SSSR count). The van der Waals surface area contributed by atoms with Gasteiger partial charge in [0, 0.05) is 24.7 Å². The molecule has 152 valence electrons. The molecule has 0 saturated carbocycles. The predicted octanol–water partition coefficient (Wildman–Crippen LogP) is 2.63. The molecule has 0 radical (unpaired) electrons. The van der Waals surface area contributed by atoms with Gasteiger partial charge < -0.3 is 14.5 Å². The van der Waals surface area contributed by atoms with Gasteiger partial charge in [-0.25, -0.2) is 4.98 Å². The number of amides is 2. The molecule has 0 aliphatic carbocycles. The molecule has 4 heterocycles. The van der Waals surface area contributed by atoms with Crippen molar-refractivity contribution in [1.82, 2.24) is 14.8 Å². The summed E-state index contributed by atoms with van der Waals surface area (Å²) in [5.41, 5.74) is 0.348. The van der Waals surface area contributed by atoms with Gasteiger partial charge in [-0.15, -0.1) is 11.3 Å². The molecule has 0 aromatic carbocycles. The lowest BCUT2D eigenvalue weighted by atomic mass is 9.76. The Morgan fingerprint density at radius 2 is 2.21 bits per heavy atom. The standard InChI is InChI=1S/C21H29N3O3S/c1-5-14(6-2)9-24-12-21-8-7-15(27-21)17(18(21)20(24)26)19(25)23(4)10-16-22-13(3)11-28-16/h7-8,11,14-15,17-18H,5-6,9-10,12H2,1-4H3/t15-,17?,18?,21-/m1/s1. The van der Waals surface area contributed by atoms with Gasteiger partial charge in [-0.05, 0) is 12.8 Å². The Morgan fingerprint density at radius 3 is 2.86 bits per heavy atom. The van der Waals surface area contributed by atoms with Gasteiger partial charge in [0.1, 0.15) is 10.6 Å². The number of rotatable bonds is 7. The van der Waals surface area contributed by atoms with Crippen LogP contribution in [-0.4, -0.2) is 58.4 Å². The minimum absolute atomic E-state index is 0.0215. The summed E-state index contributed by atoms with van der Waals surface area (Å²) in [5, 5.41) is 2.90. The predicted molar refractivity (Wildman–Crippen MR) is 108 cm³/mol. The van der Waals surface area contributed by atoms with Crippen molar-refractivity contribution in [3.8, 4) is 0 Å². The third kappa shape index (κ3) is 3.08. The Morgan fingerprint density at radius 1 is 1.46 bits per heavy atom. The van der Waals surface area contributed by atoms with Crippen molar-refractivity contribution in [2.75, 3.05) is 20.1 Å². The molecule has 1 aromatic heterocycles. The molecular formula is C21H29N3O3S. The quantitative estimate of drug-likeness (QED) is 0.657. The first-order valence-electron chi connectivity index (χ1n) is 10.2. The Bertz CT molecular complexity index is 803. The van der Waals surface area contributed by atoms with E-state index < -0.39 is 17.4 Å². The highest BCUT2D eigenvalue weighted by atomic mass is 32.1. The fourth-order valence-corrected chi connectivity index (χ4v) is 5.71. The molecule has 2 fully saturated rings. The summed E-state index contributed by atoms with van der Waals surface area (Å²) in [4.78, 5) is 34.6. The lowest BCUT2D eigenvalue weighted by molar-refractivity contribution is -0.142. The zero-order chi connectivity index (χ0) is 20.1. The maximum Gasteiger partial charge on any atom is 0.230 e. The maximum atomic E-state index is 13.3. The second kappa shape index (κ2) is 7.26. The summed E-state index contributed by atoms with van der Waals surface area (Å²) in [6.45, 7) is 8.07. The number of nitrogens with zero attached hydrogens (tertiary/aromatic N) is 3. The first-order valence-corrected chi connectivity index (χ1v) is 11.1.